The lowest BCUT2D eigenvalue weighted by atomic mass is 10.1. The van der Waals surface area contributed by atoms with Gasteiger partial charge in [0.2, 0.25) is 5.95 Å². The second kappa shape index (κ2) is 6.02. The summed E-state index contributed by atoms with van der Waals surface area (Å²) in [5, 5.41) is 16.7. The Morgan fingerprint density at radius 2 is 2.32 bits per heavy atom. The van der Waals surface area contributed by atoms with Gasteiger partial charge in [0.05, 0.1) is 5.69 Å². The fraction of sp³-hybridized carbons (Fsp3) is 0.467. The first-order chi connectivity index (χ1) is 10.7. The molecule has 2 aromatic heterocycles. The molecule has 3 heterocycles. The number of aromatic nitrogens is 4. The Hall–Kier alpha value is -2.62. The quantitative estimate of drug-likeness (QED) is 0.923. The maximum Gasteiger partial charge on any atom is 0.224 e. The van der Waals surface area contributed by atoms with Gasteiger partial charge in [-0.2, -0.15) is 10.4 Å². The largest absolute Gasteiger partial charge is 0.355 e. The van der Waals surface area contributed by atoms with Crippen LogP contribution in [0.2, 0.25) is 0 Å². The van der Waals surface area contributed by atoms with Gasteiger partial charge in [0.1, 0.15) is 17.6 Å². The normalized spacial score (nSPS) is 18.0. The van der Waals surface area contributed by atoms with Gasteiger partial charge in [0, 0.05) is 38.4 Å². The molecule has 0 saturated carbocycles. The monoisotopic (exact) mass is 297 g/mol. The zero-order chi connectivity index (χ0) is 15.5. The predicted molar refractivity (Wildman–Crippen MR) is 83.5 cm³/mol. The standard InChI is InChI=1S/C15H19N7/c1-11-8-14(21(2)20-11)22-7-3-4-13(10-22)19-15-17-6-5-12(9-16)18-15/h5-6,8,13H,3-4,7,10H2,1-2H3,(H,17,18,19)/t13-/m1/s1. The summed E-state index contributed by atoms with van der Waals surface area (Å²) in [6.45, 7) is 3.90. The molecular formula is C15H19N7. The molecule has 0 radical (unpaired) electrons. The Morgan fingerprint density at radius 1 is 1.45 bits per heavy atom. The van der Waals surface area contributed by atoms with E-state index in [1.54, 1.807) is 12.3 Å². The molecule has 1 saturated heterocycles. The van der Waals surface area contributed by atoms with E-state index in [0.717, 1.165) is 37.4 Å². The molecule has 0 bridgehead atoms. The van der Waals surface area contributed by atoms with Crippen LogP contribution >= 0.6 is 0 Å². The first-order valence-corrected chi connectivity index (χ1v) is 7.41. The van der Waals surface area contributed by atoms with E-state index in [4.69, 9.17) is 5.26 Å². The average molecular weight is 297 g/mol. The molecule has 1 fully saturated rings. The number of piperidine rings is 1. The van der Waals surface area contributed by atoms with Crippen LogP contribution in [0.1, 0.15) is 24.2 Å². The van der Waals surface area contributed by atoms with Gasteiger partial charge in [-0.1, -0.05) is 0 Å². The third-order valence-electron chi connectivity index (χ3n) is 3.83. The minimum atomic E-state index is 0.262. The summed E-state index contributed by atoms with van der Waals surface area (Å²) in [6.07, 6.45) is 3.77. The van der Waals surface area contributed by atoms with Crippen LogP contribution in [0.5, 0.6) is 0 Å². The van der Waals surface area contributed by atoms with Crippen molar-refractivity contribution in [1.29, 1.82) is 5.26 Å². The van der Waals surface area contributed by atoms with Gasteiger partial charge in [-0.15, -0.1) is 0 Å². The Morgan fingerprint density at radius 3 is 3.05 bits per heavy atom. The van der Waals surface area contributed by atoms with Crippen molar-refractivity contribution < 1.29 is 0 Å². The Kier molecular flexibility index (Phi) is 3.92. The van der Waals surface area contributed by atoms with Crippen molar-refractivity contribution in [2.75, 3.05) is 23.3 Å². The van der Waals surface area contributed by atoms with Crippen molar-refractivity contribution in [2.24, 2.45) is 7.05 Å². The summed E-state index contributed by atoms with van der Waals surface area (Å²) in [7, 11) is 1.97. The maximum absolute atomic E-state index is 8.91. The molecule has 1 N–H and O–H groups in total. The van der Waals surface area contributed by atoms with Crippen LogP contribution in [0.4, 0.5) is 11.8 Å². The zero-order valence-corrected chi connectivity index (χ0v) is 12.8. The highest BCUT2D eigenvalue weighted by Crippen LogP contribution is 2.21. The highest BCUT2D eigenvalue weighted by molar-refractivity contribution is 5.42. The van der Waals surface area contributed by atoms with Crippen molar-refractivity contribution in [3.63, 3.8) is 0 Å². The van der Waals surface area contributed by atoms with Crippen molar-refractivity contribution in [2.45, 2.75) is 25.8 Å². The summed E-state index contributed by atoms with van der Waals surface area (Å²) in [6, 6.07) is 6.01. The molecule has 2 aromatic rings. The van der Waals surface area contributed by atoms with Crippen molar-refractivity contribution in [1.82, 2.24) is 19.7 Å². The first kappa shape index (κ1) is 14.3. The number of hydrogen-bond donors (Lipinski definition) is 1. The minimum absolute atomic E-state index is 0.262. The van der Waals surface area contributed by atoms with E-state index in [0.29, 0.717) is 11.6 Å². The number of hydrogen-bond acceptors (Lipinski definition) is 6. The summed E-state index contributed by atoms with van der Waals surface area (Å²) < 4.78 is 1.92. The molecule has 22 heavy (non-hydrogen) atoms. The lowest BCUT2D eigenvalue weighted by Crippen LogP contribution is -2.43. The van der Waals surface area contributed by atoms with Gasteiger partial charge in [-0.25, -0.2) is 9.97 Å². The molecule has 1 aliphatic rings. The number of nitriles is 1. The second-order valence-electron chi connectivity index (χ2n) is 5.57. The zero-order valence-electron chi connectivity index (χ0n) is 12.8. The van der Waals surface area contributed by atoms with Crippen molar-refractivity contribution in [3.8, 4) is 6.07 Å². The lowest BCUT2D eigenvalue weighted by molar-refractivity contribution is 0.516. The molecule has 3 rings (SSSR count). The summed E-state index contributed by atoms with van der Waals surface area (Å²) in [4.78, 5) is 10.7. The number of nitrogens with one attached hydrogen (secondary N) is 1. The van der Waals surface area contributed by atoms with Crippen LogP contribution in [-0.4, -0.2) is 38.9 Å². The fourth-order valence-corrected chi connectivity index (χ4v) is 2.87. The molecule has 1 atom stereocenters. The van der Waals surface area contributed by atoms with Gasteiger partial charge in [0.25, 0.3) is 0 Å². The van der Waals surface area contributed by atoms with Crippen LogP contribution in [0.25, 0.3) is 0 Å². The SMILES string of the molecule is Cc1cc(N2CCC[C@@H](Nc3nccc(C#N)n3)C2)n(C)n1. The number of aryl methyl sites for hydroxylation is 2. The van der Waals surface area contributed by atoms with Crippen LogP contribution in [0, 0.1) is 18.3 Å². The van der Waals surface area contributed by atoms with E-state index in [2.05, 4.69) is 31.3 Å². The highest BCUT2D eigenvalue weighted by Gasteiger charge is 2.22. The lowest BCUT2D eigenvalue weighted by Gasteiger charge is -2.34. The number of anilines is 2. The molecule has 0 aromatic carbocycles. The van der Waals surface area contributed by atoms with E-state index in [9.17, 15) is 0 Å². The molecule has 1 aliphatic heterocycles. The van der Waals surface area contributed by atoms with Crippen LogP contribution in [0.15, 0.2) is 18.3 Å². The fourth-order valence-electron chi connectivity index (χ4n) is 2.87. The topological polar surface area (TPSA) is 82.7 Å². The Balaban J connectivity index is 1.70. The van der Waals surface area contributed by atoms with Crippen LogP contribution < -0.4 is 10.2 Å². The summed E-state index contributed by atoms with van der Waals surface area (Å²) >= 11 is 0. The summed E-state index contributed by atoms with van der Waals surface area (Å²) in [5.74, 6) is 1.66. The third-order valence-corrected chi connectivity index (χ3v) is 3.83. The van der Waals surface area contributed by atoms with Crippen molar-refractivity contribution in [3.05, 3.63) is 29.7 Å². The highest BCUT2D eigenvalue weighted by atomic mass is 15.4. The predicted octanol–water partition coefficient (Wildman–Crippen LogP) is 1.47. The van der Waals surface area contributed by atoms with Gasteiger partial charge in [-0.3, -0.25) is 4.68 Å². The molecule has 0 spiro atoms. The van der Waals surface area contributed by atoms with Gasteiger partial charge in [0.15, 0.2) is 0 Å². The Bertz CT molecular complexity index is 700. The van der Waals surface area contributed by atoms with Gasteiger partial charge < -0.3 is 10.2 Å². The minimum Gasteiger partial charge on any atom is -0.355 e. The molecule has 7 nitrogen and oxygen atoms in total. The van der Waals surface area contributed by atoms with E-state index in [1.807, 2.05) is 24.7 Å². The van der Waals surface area contributed by atoms with Crippen LogP contribution in [-0.2, 0) is 7.05 Å². The molecule has 0 aliphatic carbocycles. The van der Waals surface area contributed by atoms with E-state index in [-0.39, 0.29) is 6.04 Å². The maximum atomic E-state index is 8.91. The van der Waals surface area contributed by atoms with E-state index < -0.39 is 0 Å². The molecular weight excluding hydrogens is 278 g/mol. The first-order valence-electron chi connectivity index (χ1n) is 7.41. The number of nitrogens with zero attached hydrogens (tertiary/aromatic N) is 6. The smallest absolute Gasteiger partial charge is 0.224 e. The molecule has 0 unspecified atom stereocenters. The molecule has 114 valence electrons. The van der Waals surface area contributed by atoms with E-state index in [1.165, 1.54) is 0 Å². The number of rotatable bonds is 3. The third kappa shape index (κ3) is 3.01. The van der Waals surface area contributed by atoms with Crippen molar-refractivity contribution >= 4 is 11.8 Å². The average Bonchev–Trinajstić information content (AvgIpc) is 2.86. The Labute approximate surface area is 129 Å². The second-order valence-corrected chi connectivity index (χ2v) is 5.57. The summed E-state index contributed by atoms with van der Waals surface area (Å²) in [5.41, 5.74) is 1.41. The molecule has 7 heteroatoms. The molecule has 0 amide bonds. The van der Waals surface area contributed by atoms with Crippen LogP contribution in [0.3, 0.4) is 0 Å². The van der Waals surface area contributed by atoms with Gasteiger partial charge in [-0.05, 0) is 25.8 Å². The van der Waals surface area contributed by atoms with E-state index >= 15 is 0 Å². The van der Waals surface area contributed by atoms with Gasteiger partial charge >= 0.3 is 0 Å².